The van der Waals surface area contributed by atoms with E-state index in [9.17, 15) is 0 Å². The van der Waals surface area contributed by atoms with Crippen LogP contribution < -0.4 is 5.32 Å². The minimum absolute atomic E-state index is 0.363. The van der Waals surface area contributed by atoms with Crippen molar-refractivity contribution >= 4 is 11.3 Å². The third-order valence-corrected chi connectivity index (χ3v) is 4.46. The maximum absolute atomic E-state index is 4.61. The molecule has 1 N–H and O–H groups in total. The van der Waals surface area contributed by atoms with Gasteiger partial charge in [0.15, 0.2) is 0 Å². The van der Waals surface area contributed by atoms with Crippen LogP contribution in [0.4, 0.5) is 0 Å². The molecule has 0 amide bonds. The van der Waals surface area contributed by atoms with Gasteiger partial charge in [0.2, 0.25) is 0 Å². The van der Waals surface area contributed by atoms with Crippen LogP contribution in [0.1, 0.15) is 54.6 Å². The molecule has 1 aromatic heterocycles. The summed E-state index contributed by atoms with van der Waals surface area (Å²) in [5.74, 6) is 0. The van der Waals surface area contributed by atoms with Crippen LogP contribution >= 0.6 is 11.3 Å². The van der Waals surface area contributed by atoms with Gasteiger partial charge < -0.3 is 5.32 Å². The van der Waals surface area contributed by atoms with Gasteiger partial charge in [-0.05, 0) is 37.4 Å². The molecule has 1 heterocycles. The Labute approximate surface area is 132 Å². The van der Waals surface area contributed by atoms with E-state index in [-0.39, 0.29) is 0 Å². The minimum atomic E-state index is 0.363. The maximum atomic E-state index is 4.61. The average molecular weight is 302 g/mol. The van der Waals surface area contributed by atoms with Crippen molar-refractivity contribution in [2.45, 2.75) is 52.5 Å². The fraction of sp³-hybridized carbons (Fsp3) is 0.500. The van der Waals surface area contributed by atoms with E-state index in [0.717, 1.165) is 24.4 Å². The summed E-state index contributed by atoms with van der Waals surface area (Å²) in [5, 5.41) is 6.99. The molecule has 1 unspecified atom stereocenters. The summed E-state index contributed by atoms with van der Waals surface area (Å²) in [6.45, 7) is 7.55. The molecule has 114 valence electrons. The molecular weight excluding hydrogens is 276 g/mol. The van der Waals surface area contributed by atoms with Gasteiger partial charge in [0.1, 0.15) is 0 Å². The highest BCUT2D eigenvalue weighted by atomic mass is 32.1. The topological polar surface area (TPSA) is 24.9 Å². The molecule has 0 fully saturated rings. The van der Waals surface area contributed by atoms with Gasteiger partial charge in [-0.25, -0.2) is 4.98 Å². The van der Waals surface area contributed by atoms with Crippen molar-refractivity contribution in [1.29, 1.82) is 0 Å². The lowest BCUT2D eigenvalue weighted by Crippen LogP contribution is -2.24. The van der Waals surface area contributed by atoms with Crippen LogP contribution in [0.3, 0.4) is 0 Å². The first-order chi connectivity index (χ1) is 10.2. The molecule has 21 heavy (non-hydrogen) atoms. The van der Waals surface area contributed by atoms with E-state index in [1.807, 2.05) is 0 Å². The van der Waals surface area contributed by atoms with Crippen molar-refractivity contribution in [1.82, 2.24) is 10.3 Å². The number of nitrogens with zero attached hydrogens (tertiary/aromatic N) is 1. The molecule has 0 aliphatic rings. The lowest BCUT2D eigenvalue weighted by atomic mass is 9.99. The van der Waals surface area contributed by atoms with Crippen molar-refractivity contribution in [3.8, 4) is 0 Å². The summed E-state index contributed by atoms with van der Waals surface area (Å²) in [6, 6.07) is 9.45. The van der Waals surface area contributed by atoms with Gasteiger partial charge in [-0.2, -0.15) is 0 Å². The summed E-state index contributed by atoms with van der Waals surface area (Å²) in [7, 11) is 0. The fourth-order valence-electron chi connectivity index (χ4n) is 2.54. The Bertz CT molecular complexity index is 530. The van der Waals surface area contributed by atoms with E-state index in [0.29, 0.717) is 6.04 Å². The van der Waals surface area contributed by atoms with E-state index < -0.39 is 0 Å². The summed E-state index contributed by atoms with van der Waals surface area (Å²) >= 11 is 1.74. The molecule has 0 saturated carbocycles. The third kappa shape index (κ3) is 4.94. The number of benzene rings is 1. The Morgan fingerprint density at radius 2 is 1.90 bits per heavy atom. The van der Waals surface area contributed by atoms with Crippen LogP contribution in [0.25, 0.3) is 0 Å². The van der Waals surface area contributed by atoms with Gasteiger partial charge in [0.25, 0.3) is 0 Å². The van der Waals surface area contributed by atoms with Crippen molar-refractivity contribution in [3.63, 3.8) is 0 Å². The van der Waals surface area contributed by atoms with Gasteiger partial charge in [-0.3, -0.25) is 0 Å². The molecule has 0 bridgehead atoms. The van der Waals surface area contributed by atoms with Crippen molar-refractivity contribution in [2.24, 2.45) is 0 Å². The first-order valence-corrected chi connectivity index (χ1v) is 8.84. The molecule has 2 rings (SSSR count). The van der Waals surface area contributed by atoms with Gasteiger partial charge in [-0.15, -0.1) is 11.3 Å². The van der Waals surface area contributed by atoms with Crippen LogP contribution in [0.2, 0.25) is 0 Å². The molecular formula is C18H26N2S. The second-order valence-corrected chi connectivity index (χ2v) is 6.62. The smallest absolute Gasteiger partial charge is 0.0897 e. The Morgan fingerprint density at radius 1 is 1.14 bits per heavy atom. The van der Waals surface area contributed by atoms with E-state index >= 15 is 0 Å². The minimum Gasteiger partial charge on any atom is -0.310 e. The number of aromatic nitrogens is 1. The van der Waals surface area contributed by atoms with Crippen LogP contribution in [0.5, 0.6) is 0 Å². The molecule has 0 spiro atoms. The number of hydrogen-bond donors (Lipinski definition) is 1. The first kappa shape index (κ1) is 16.2. The third-order valence-electron chi connectivity index (χ3n) is 3.64. The largest absolute Gasteiger partial charge is 0.310 e. The molecule has 0 aliphatic carbocycles. The van der Waals surface area contributed by atoms with Gasteiger partial charge >= 0.3 is 0 Å². The number of thiazole rings is 1. The summed E-state index contributed by atoms with van der Waals surface area (Å²) in [4.78, 5) is 4.61. The molecule has 3 heteroatoms. The molecule has 0 saturated heterocycles. The number of rotatable bonds is 8. The zero-order valence-corrected chi connectivity index (χ0v) is 14.2. The molecule has 2 aromatic rings. The molecule has 0 radical (unpaired) electrons. The van der Waals surface area contributed by atoms with Gasteiger partial charge in [-0.1, -0.05) is 44.5 Å². The lowest BCUT2D eigenvalue weighted by Gasteiger charge is -2.18. The second kappa shape index (κ2) is 8.30. The molecule has 0 aliphatic heterocycles. The number of aryl methyl sites for hydroxylation is 2. The molecule has 1 atom stereocenters. The Kier molecular flexibility index (Phi) is 6.40. The Hall–Kier alpha value is -1.19. The van der Waals surface area contributed by atoms with Crippen molar-refractivity contribution in [2.75, 3.05) is 6.54 Å². The Balaban J connectivity index is 2.10. The quantitative estimate of drug-likeness (QED) is 0.765. The highest BCUT2D eigenvalue weighted by molar-refractivity contribution is 7.09. The monoisotopic (exact) mass is 302 g/mol. The highest BCUT2D eigenvalue weighted by Crippen LogP contribution is 2.21. The normalized spacial score (nSPS) is 12.5. The van der Waals surface area contributed by atoms with Crippen molar-refractivity contribution in [3.05, 3.63) is 51.5 Å². The van der Waals surface area contributed by atoms with Crippen LogP contribution in [-0.4, -0.2) is 11.5 Å². The lowest BCUT2D eigenvalue weighted by molar-refractivity contribution is 0.525. The summed E-state index contributed by atoms with van der Waals surface area (Å²) < 4.78 is 0. The number of hydrogen-bond acceptors (Lipinski definition) is 3. The van der Waals surface area contributed by atoms with Crippen molar-refractivity contribution < 1.29 is 0 Å². The molecule has 2 nitrogen and oxygen atoms in total. The van der Waals surface area contributed by atoms with Gasteiger partial charge in [0.05, 0.1) is 10.7 Å². The first-order valence-electron chi connectivity index (χ1n) is 7.96. The summed E-state index contributed by atoms with van der Waals surface area (Å²) in [5.41, 5.74) is 4.00. The number of nitrogens with one attached hydrogen (secondary N) is 1. The SMILES string of the molecule is CCCNC(Cc1csc(C)n1)c1ccc(CCC)cc1. The summed E-state index contributed by atoms with van der Waals surface area (Å²) in [6.07, 6.45) is 4.49. The average Bonchev–Trinajstić information content (AvgIpc) is 2.90. The van der Waals surface area contributed by atoms with E-state index in [1.54, 1.807) is 11.3 Å². The van der Waals surface area contributed by atoms with Crippen LogP contribution in [0.15, 0.2) is 29.6 Å². The highest BCUT2D eigenvalue weighted by Gasteiger charge is 2.13. The predicted molar refractivity (Wildman–Crippen MR) is 92.0 cm³/mol. The second-order valence-electron chi connectivity index (χ2n) is 5.56. The van der Waals surface area contributed by atoms with E-state index in [2.05, 4.69) is 60.7 Å². The fourth-order valence-corrected chi connectivity index (χ4v) is 3.17. The Morgan fingerprint density at radius 3 is 2.48 bits per heavy atom. The zero-order chi connectivity index (χ0) is 15.1. The van der Waals surface area contributed by atoms with Gasteiger partial charge in [0, 0.05) is 17.8 Å². The molecule has 1 aromatic carbocycles. The standard InChI is InChI=1S/C18H26N2S/c1-4-6-15-7-9-16(10-8-15)18(19-11-5-2)12-17-13-21-14(3)20-17/h7-10,13,18-19H,4-6,11-12H2,1-3H3. The van der Waals surface area contributed by atoms with Crippen LogP contribution in [0, 0.1) is 6.92 Å². The van der Waals surface area contributed by atoms with Crippen LogP contribution in [-0.2, 0) is 12.8 Å². The predicted octanol–water partition coefficient (Wildman–Crippen LogP) is 4.69. The van der Waals surface area contributed by atoms with E-state index in [1.165, 1.54) is 29.7 Å². The maximum Gasteiger partial charge on any atom is 0.0897 e. The van der Waals surface area contributed by atoms with E-state index in [4.69, 9.17) is 0 Å². The zero-order valence-electron chi connectivity index (χ0n) is 13.4.